The van der Waals surface area contributed by atoms with Crippen molar-refractivity contribution in [3.63, 3.8) is 0 Å². The molecule has 0 aliphatic carbocycles. The number of aliphatic hydroxyl groups is 1. The molecule has 438 valence electrons. The lowest BCUT2D eigenvalue weighted by molar-refractivity contribution is -0.371. The fourth-order valence-corrected chi connectivity index (χ4v) is 18.4. The minimum Gasteiger partial charge on any atom is -0.481 e. The first-order chi connectivity index (χ1) is 37.8. The van der Waals surface area contributed by atoms with Crippen LogP contribution in [0.2, 0.25) is 0 Å². The van der Waals surface area contributed by atoms with Crippen LogP contribution in [-0.4, -0.2) is 186 Å². The third-order valence-electron chi connectivity index (χ3n) is 22.0. The molecule has 16 rings (SSSR count). The van der Waals surface area contributed by atoms with Crippen LogP contribution in [0.4, 0.5) is 0 Å². The number of rotatable bonds is 2. The van der Waals surface area contributed by atoms with Crippen molar-refractivity contribution in [3.8, 4) is 0 Å². The normalized spacial score (nSPS) is 58.4. The average Bonchev–Trinajstić information content (AvgIpc) is 3.34. The second kappa shape index (κ2) is 19.4. The standard InChI is InChI=1S/C60H84O19/c1-26-14-32-8-10-36-27(2)15-34(65-36)12-13-58-25-57(7)56(79-58)55-54(76-57)53(78-58)52-37(69-55)11-9-33(67-52)16-47(64)72-51-31(6)50-42(68-41(51)18-38(66-32)30(26)5)19-40-44(71-50)23-60(73-40)24-45-49(77-60)29(4)22-59(75-45)21-28(3)48-43(74-59)17-35(61)39(70-48)20-46(62)63/h26,28-29,31-45,48-56,61H,2,5,8-25H2,1,3-4,6-7H3,(H,62,63)/t26-,28+,29+,31+,32+,33-,34+,35-,36+,37+,38-,39-,40-,41+,42+,43+,44-,45+,48+,49+,50+,51-,52+,53+,54+,55-,56?,57+,58-,59-,60+/m1/s1. The van der Waals surface area contributed by atoms with Crippen molar-refractivity contribution < 1.29 is 90.9 Å². The molecule has 0 saturated carbocycles. The van der Waals surface area contributed by atoms with Crippen LogP contribution in [0.1, 0.15) is 150 Å². The summed E-state index contributed by atoms with van der Waals surface area (Å²) in [7, 11) is 0. The van der Waals surface area contributed by atoms with Gasteiger partial charge in [0.15, 0.2) is 17.4 Å². The maximum atomic E-state index is 14.6. The molecule has 1 unspecified atom stereocenters. The van der Waals surface area contributed by atoms with Gasteiger partial charge in [0, 0.05) is 63.7 Å². The van der Waals surface area contributed by atoms with Crippen molar-refractivity contribution >= 4 is 11.9 Å². The molecule has 19 heteroatoms. The van der Waals surface area contributed by atoms with Crippen molar-refractivity contribution in [1.82, 2.24) is 0 Å². The van der Waals surface area contributed by atoms with E-state index in [0.29, 0.717) is 64.2 Å². The van der Waals surface area contributed by atoms with E-state index in [-0.39, 0.29) is 134 Å². The van der Waals surface area contributed by atoms with Gasteiger partial charge in [0.25, 0.3) is 0 Å². The molecule has 19 nitrogen and oxygen atoms in total. The molecule has 16 aliphatic rings. The Morgan fingerprint density at radius 3 is 2.09 bits per heavy atom. The number of fused-ring (bicyclic) bond motifs is 10. The summed E-state index contributed by atoms with van der Waals surface area (Å²) >= 11 is 0. The molecule has 16 fully saturated rings. The fraction of sp³-hybridized carbons (Fsp3) is 0.900. The van der Waals surface area contributed by atoms with Crippen molar-refractivity contribution in [3.05, 3.63) is 24.3 Å². The van der Waals surface area contributed by atoms with Crippen LogP contribution in [0.15, 0.2) is 24.3 Å². The SMILES string of the molecule is C=C1C[C@@H]2CC[C@@]34C[C@]5(C)O[C@H]6[C@@H](O3)[C@H]3O[C@H](CC[C@@H]3O[C@H]6C5O4)CC(=O)O[C@@H]3[C@@H](C)[C@@H]4O[C@@H]5C[C@]6(C[C@@H]7O[C@]8(C[C@H](C)[C@@H]9O[C@H](CC(=O)O)[C@H](O)C[C@@H]9O8)C[C@H](C)[C@@H]7O6)O[C@@H]5C[C@@H]4O[C@H]3C[C@H]3O[C@@H](CC[C@@H]1O2)C[C@@H](C)C3=C. The van der Waals surface area contributed by atoms with Crippen LogP contribution in [0.5, 0.6) is 0 Å². The number of carboxylic acid groups (broad SMARTS) is 1. The quantitative estimate of drug-likeness (QED) is 0.238. The average molecular weight is 1110 g/mol. The second-order valence-corrected chi connectivity index (χ2v) is 27.8. The minimum absolute atomic E-state index is 0.000510. The number of hydrogen-bond acceptors (Lipinski definition) is 18. The highest BCUT2D eigenvalue weighted by Gasteiger charge is 2.73. The second-order valence-electron chi connectivity index (χ2n) is 27.8. The van der Waals surface area contributed by atoms with Gasteiger partial charge >= 0.3 is 11.9 Å². The Hall–Kier alpha value is -2.18. The zero-order valence-electron chi connectivity index (χ0n) is 46.6. The van der Waals surface area contributed by atoms with Crippen LogP contribution >= 0.6 is 0 Å². The number of esters is 1. The molecular weight excluding hydrogens is 1020 g/mol. The zero-order chi connectivity index (χ0) is 54.2. The smallest absolute Gasteiger partial charge is 0.308 e. The summed E-state index contributed by atoms with van der Waals surface area (Å²) < 4.78 is 104. The predicted octanol–water partition coefficient (Wildman–Crippen LogP) is 6.05. The Kier molecular flexibility index (Phi) is 13.2. The number of ether oxygens (including phenoxy) is 15. The molecular formula is C60H84O19. The molecule has 2 N–H and O–H groups in total. The number of carbonyl (C=O) groups is 2. The van der Waals surface area contributed by atoms with Gasteiger partial charge in [-0.3, -0.25) is 9.59 Å². The molecule has 0 aromatic rings. The summed E-state index contributed by atoms with van der Waals surface area (Å²) in [6.45, 7) is 19.9. The fourth-order valence-electron chi connectivity index (χ4n) is 18.4. The molecule has 31 atom stereocenters. The maximum Gasteiger partial charge on any atom is 0.308 e. The summed E-state index contributed by atoms with van der Waals surface area (Å²) in [5.74, 6) is -4.04. The number of carboxylic acids is 1. The van der Waals surface area contributed by atoms with Gasteiger partial charge < -0.3 is 81.3 Å². The molecule has 0 radical (unpaired) electrons. The third kappa shape index (κ3) is 9.12. The predicted molar refractivity (Wildman–Crippen MR) is 273 cm³/mol. The Balaban J connectivity index is 0.663. The van der Waals surface area contributed by atoms with E-state index in [1.165, 1.54) is 0 Å². The molecule has 0 amide bonds. The number of aliphatic carboxylic acids is 1. The van der Waals surface area contributed by atoms with E-state index >= 15 is 0 Å². The minimum atomic E-state index is -1.00. The van der Waals surface area contributed by atoms with Crippen LogP contribution in [0, 0.1) is 23.7 Å². The Morgan fingerprint density at radius 2 is 1.25 bits per heavy atom. The topological polar surface area (TPSA) is 213 Å². The number of carbonyl (C=O) groups excluding carboxylic acids is 1. The highest BCUT2D eigenvalue weighted by Crippen LogP contribution is 2.60. The summed E-state index contributed by atoms with van der Waals surface area (Å²) in [4.78, 5) is 26.2. The van der Waals surface area contributed by atoms with Gasteiger partial charge in [-0.15, -0.1) is 0 Å². The van der Waals surface area contributed by atoms with Crippen LogP contribution in [-0.2, 0) is 80.6 Å². The Morgan fingerprint density at radius 1 is 0.557 bits per heavy atom. The number of aliphatic hydroxyl groups excluding tert-OH is 1. The first-order valence-corrected chi connectivity index (χ1v) is 30.6. The van der Waals surface area contributed by atoms with E-state index in [2.05, 4.69) is 47.8 Å². The molecule has 79 heavy (non-hydrogen) atoms. The highest BCUT2D eigenvalue weighted by atomic mass is 16.8. The third-order valence-corrected chi connectivity index (χ3v) is 22.0. The Labute approximate surface area is 462 Å². The molecule has 0 aromatic carbocycles. The molecule has 16 heterocycles. The van der Waals surface area contributed by atoms with Gasteiger partial charge in [0.1, 0.15) is 42.2 Å². The van der Waals surface area contributed by atoms with Gasteiger partial charge in [0.05, 0.1) is 117 Å². The lowest BCUT2D eigenvalue weighted by atomic mass is 9.78. The monoisotopic (exact) mass is 1110 g/mol. The van der Waals surface area contributed by atoms with Crippen molar-refractivity contribution in [2.24, 2.45) is 23.7 Å². The van der Waals surface area contributed by atoms with Crippen molar-refractivity contribution in [2.45, 2.75) is 314 Å². The molecule has 16 aliphatic heterocycles. The molecule has 3 spiro atoms. The van der Waals surface area contributed by atoms with Crippen LogP contribution < -0.4 is 0 Å². The van der Waals surface area contributed by atoms with Gasteiger partial charge in [-0.2, -0.15) is 0 Å². The van der Waals surface area contributed by atoms with E-state index in [9.17, 15) is 19.8 Å². The van der Waals surface area contributed by atoms with Gasteiger partial charge in [-0.25, -0.2) is 0 Å². The van der Waals surface area contributed by atoms with Gasteiger partial charge in [-0.05, 0) is 80.8 Å². The lowest BCUT2D eigenvalue weighted by Gasteiger charge is -2.54. The summed E-state index contributed by atoms with van der Waals surface area (Å²) in [5, 5.41) is 20.4. The van der Waals surface area contributed by atoms with Crippen molar-refractivity contribution in [2.75, 3.05) is 0 Å². The van der Waals surface area contributed by atoms with E-state index in [1.807, 2.05) is 0 Å². The summed E-state index contributed by atoms with van der Waals surface area (Å²) in [5.41, 5.74) is 1.59. The zero-order valence-corrected chi connectivity index (χ0v) is 46.6. The van der Waals surface area contributed by atoms with E-state index in [0.717, 1.165) is 43.3 Å². The molecule has 12 bridgehead atoms. The van der Waals surface area contributed by atoms with E-state index < -0.39 is 83.9 Å². The maximum absolute atomic E-state index is 14.6. The van der Waals surface area contributed by atoms with Crippen LogP contribution in [0.25, 0.3) is 0 Å². The summed E-state index contributed by atoms with van der Waals surface area (Å²) in [6, 6.07) is 0. The van der Waals surface area contributed by atoms with Gasteiger partial charge in [-0.1, -0.05) is 40.9 Å². The molecule has 0 aromatic heterocycles. The molecule has 16 saturated heterocycles. The lowest BCUT2D eigenvalue weighted by Crippen LogP contribution is -2.62. The summed E-state index contributed by atoms with van der Waals surface area (Å²) in [6.07, 6.45) is 1.54. The van der Waals surface area contributed by atoms with Crippen molar-refractivity contribution in [1.29, 1.82) is 0 Å². The van der Waals surface area contributed by atoms with E-state index in [1.54, 1.807) is 0 Å². The first-order valence-electron chi connectivity index (χ1n) is 30.6. The largest absolute Gasteiger partial charge is 0.481 e. The van der Waals surface area contributed by atoms with Gasteiger partial charge in [0.2, 0.25) is 0 Å². The first kappa shape index (κ1) is 53.5. The Bertz CT molecular complexity index is 2420. The number of hydrogen-bond donors (Lipinski definition) is 2. The van der Waals surface area contributed by atoms with E-state index in [4.69, 9.17) is 71.1 Å². The van der Waals surface area contributed by atoms with Crippen LogP contribution in [0.3, 0.4) is 0 Å². The highest BCUT2D eigenvalue weighted by molar-refractivity contribution is 5.70.